The number of hydrogen-bond donors (Lipinski definition) is 0. The number of fused-ring (bicyclic) bond motifs is 3. The van der Waals surface area contributed by atoms with E-state index in [4.69, 9.17) is 0 Å². The first-order valence-corrected chi connectivity index (χ1v) is 16.2. The van der Waals surface area contributed by atoms with Crippen LogP contribution < -0.4 is 0 Å². The first-order valence-electron chi connectivity index (χ1n) is 16.2. The molecule has 6 aromatic rings. The summed E-state index contributed by atoms with van der Waals surface area (Å²) in [5.41, 5.74) is 7.36. The zero-order valence-corrected chi connectivity index (χ0v) is 26.2. The van der Waals surface area contributed by atoms with Gasteiger partial charge >= 0.3 is 0 Å². The largest absolute Gasteiger partial charge is 0.289 e. The van der Waals surface area contributed by atoms with E-state index in [1.54, 1.807) is 0 Å². The van der Waals surface area contributed by atoms with Crippen molar-refractivity contribution in [3.05, 3.63) is 190 Å². The lowest BCUT2D eigenvalue weighted by molar-refractivity contribution is 0.0963. The third-order valence-corrected chi connectivity index (χ3v) is 9.87. The van der Waals surface area contributed by atoms with Gasteiger partial charge in [0, 0.05) is 51.0 Å². The molecular formula is C45H26O4. The van der Waals surface area contributed by atoms with Crippen molar-refractivity contribution in [2.45, 2.75) is 6.42 Å². The van der Waals surface area contributed by atoms with E-state index in [9.17, 15) is 19.2 Å². The maximum atomic E-state index is 15.0. The van der Waals surface area contributed by atoms with Crippen molar-refractivity contribution in [2.24, 2.45) is 0 Å². The molecule has 0 amide bonds. The van der Waals surface area contributed by atoms with E-state index in [0.29, 0.717) is 33.4 Å². The van der Waals surface area contributed by atoms with Crippen LogP contribution in [0.15, 0.2) is 168 Å². The molecule has 0 spiro atoms. The fraction of sp³-hybridized carbons (Fsp3) is 0.0222. The maximum absolute atomic E-state index is 15.0. The highest BCUT2D eigenvalue weighted by Crippen LogP contribution is 2.50. The second-order valence-corrected chi connectivity index (χ2v) is 12.5. The highest BCUT2D eigenvalue weighted by atomic mass is 16.2. The van der Waals surface area contributed by atoms with Crippen molar-refractivity contribution in [1.29, 1.82) is 0 Å². The van der Waals surface area contributed by atoms with Crippen molar-refractivity contribution in [3.63, 3.8) is 0 Å². The summed E-state index contributed by atoms with van der Waals surface area (Å²) >= 11 is 0. The van der Waals surface area contributed by atoms with E-state index in [1.165, 1.54) is 0 Å². The number of allylic oxidation sites excluding steroid dienone is 4. The lowest BCUT2D eigenvalue weighted by Gasteiger charge is -2.25. The van der Waals surface area contributed by atoms with E-state index in [1.807, 2.05) is 146 Å². The standard InChI is InChI=1S/C45H26O4/c46-42-34-25-35-41(40(34)44(48)38-32(28-17-9-3-10-18-28)23-21-30(36(38)42)26-13-5-1-6-14-26)45(49)39-33(29-19-11-4-12-20-29)24-22-31(37(39)43(35)47)27-15-7-2-8-16-27/h1-24H,25H2. The van der Waals surface area contributed by atoms with Crippen LogP contribution in [0.1, 0.15) is 47.9 Å². The number of ketones is 4. The van der Waals surface area contributed by atoms with Crippen LogP contribution in [0.4, 0.5) is 0 Å². The van der Waals surface area contributed by atoms with Crippen LogP contribution in [0.25, 0.3) is 44.5 Å². The number of rotatable bonds is 4. The van der Waals surface area contributed by atoms with E-state index in [2.05, 4.69) is 0 Å². The Bertz CT molecular complexity index is 2310. The zero-order valence-electron chi connectivity index (χ0n) is 26.2. The van der Waals surface area contributed by atoms with Gasteiger partial charge in [-0.25, -0.2) is 0 Å². The van der Waals surface area contributed by atoms with Gasteiger partial charge in [0.1, 0.15) is 0 Å². The van der Waals surface area contributed by atoms with Crippen LogP contribution >= 0.6 is 0 Å². The van der Waals surface area contributed by atoms with E-state index in [0.717, 1.165) is 22.3 Å². The highest BCUT2D eigenvalue weighted by Gasteiger charge is 2.48. The van der Waals surface area contributed by atoms with Crippen molar-refractivity contribution < 1.29 is 19.2 Å². The van der Waals surface area contributed by atoms with Crippen LogP contribution in [0.5, 0.6) is 0 Å². The molecule has 230 valence electrons. The summed E-state index contributed by atoms with van der Waals surface area (Å²) in [5, 5.41) is 0. The molecule has 0 heterocycles. The lowest BCUT2D eigenvalue weighted by Crippen LogP contribution is -2.26. The molecule has 0 radical (unpaired) electrons. The minimum atomic E-state index is -0.406. The SMILES string of the molecule is O=C1C2=C(C(=O)c3c(-c4ccccc4)ccc(-c4ccccc4)c31)C1=C(C2)C(=O)c2c(-c3ccccc3)ccc(-c3ccccc3)c2C1=O. The highest BCUT2D eigenvalue weighted by molar-refractivity contribution is 6.42. The number of carbonyl (C=O) groups excluding carboxylic acids is 4. The summed E-state index contributed by atoms with van der Waals surface area (Å²) in [6, 6.07) is 45.5. The topological polar surface area (TPSA) is 68.3 Å². The summed E-state index contributed by atoms with van der Waals surface area (Å²) in [7, 11) is 0. The summed E-state index contributed by atoms with van der Waals surface area (Å²) in [6.45, 7) is 0. The number of carbonyl (C=O) groups is 4. The van der Waals surface area contributed by atoms with Gasteiger partial charge in [0.25, 0.3) is 0 Å². The summed E-state index contributed by atoms with van der Waals surface area (Å²) in [4.78, 5) is 59.5. The summed E-state index contributed by atoms with van der Waals surface area (Å²) in [6.07, 6.45) is -0.0771. The van der Waals surface area contributed by atoms with Gasteiger partial charge in [-0.2, -0.15) is 0 Å². The molecule has 6 aromatic carbocycles. The van der Waals surface area contributed by atoms with Crippen molar-refractivity contribution in [1.82, 2.24) is 0 Å². The predicted molar refractivity (Wildman–Crippen MR) is 191 cm³/mol. The van der Waals surface area contributed by atoms with Crippen LogP contribution in [0.2, 0.25) is 0 Å². The van der Waals surface area contributed by atoms with Crippen LogP contribution in [0, 0.1) is 0 Å². The maximum Gasteiger partial charge on any atom is 0.195 e. The van der Waals surface area contributed by atoms with Crippen molar-refractivity contribution >= 4 is 23.1 Å². The predicted octanol–water partition coefficient (Wildman–Crippen LogP) is 9.81. The fourth-order valence-corrected chi connectivity index (χ4v) is 7.68. The normalized spacial score (nSPS) is 14.9. The van der Waals surface area contributed by atoms with Crippen LogP contribution in [-0.4, -0.2) is 23.1 Å². The number of benzene rings is 6. The first-order chi connectivity index (χ1) is 24.0. The third-order valence-electron chi connectivity index (χ3n) is 9.87. The Hall–Kier alpha value is -6.52. The summed E-state index contributed by atoms with van der Waals surface area (Å²) < 4.78 is 0. The van der Waals surface area contributed by atoms with Gasteiger partial charge in [0.2, 0.25) is 0 Å². The van der Waals surface area contributed by atoms with Crippen molar-refractivity contribution in [2.75, 3.05) is 0 Å². The molecule has 0 atom stereocenters. The van der Waals surface area contributed by atoms with E-state index < -0.39 is 11.6 Å². The lowest BCUT2D eigenvalue weighted by atomic mass is 9.74. The Balaban J connectivity index is 1.28. The average Bonchev–Trinajstić information content (AvgIpc) is 3.58. The molecule has 9 rings (SSSR count). The molecule has 0 saturated heterocycles. The molecule has 3 aliphatic carbocycles. The molecule has 0 aliphatic heterocycles. The molecule has 49 heavy (non-hydrogen) atoms. The zero-order chi connectivity index (χ0) is 33.2. The molecule has 0 bridgehead atoms. The van der Waals surface area contributed by atoms with Crippen molar-refractivity contribution in [3.8, 4) is 44.5 Å². The first kappa shape index (κ1) is 28.7. The van der Waals surface area contributed by atoms with E-state index >= 15 is 0 Å². The molecular weight excluding hydrogens is 604 g/mol. The van der Waals surface area contributed by atoms with Gasteiger partial charge in [0.15, 0.2) is 23.1 Å². The fourth-order valence-electron chi connectivity index (χ4n) is 7.68. The van der Waals surface area contributed by atoms with Gasteiger partial charge in [0.05, 0.1) is 0 Å². The second-order valence-electron chi connectivity index (χ2n) is 12.5. The number of Topliss-reactive ketones (excluding diaryl/α,β-unsaturated/α-hetero) is 4. The van der Waals surface area contributed by atoms with E-state index in [-0.39, 0.29) is 51.4 Å². The van der Waals surface area contributed by atoms with Gasteiger partial charge in [-0.3, -0.25) is 19.2 Å². The minimum absolute atomic E-state index is 0.0584. The van der Waals surface area contributed by atoms with Gasteiger partial charge in [-0.15, -0.1) is 0 Å². The van der Waals surface area contributed by atoms with Gasteiger partial charge < -0.3 is 0 Å². The molecule has 0 fully saturated rings. The number of hydrogen-bond acceptors (Lipinski definition) is 4. The van der Waals surface area contributed by atoms with Gasteiger partial charge in [-0.05, 0) is 44.5 Å². The van der Waals surface area contributed by atoms with Gasteiger partial charge in [-0.1, -0.05) is 146 Å². The molecule has 0 N–H and O–H groups in total. The molecule has 3 aliphatic rings. The monoisotopic (exact) mass is 630 g/mol. The Labute approximate surface area is 282 Å². The summed E-state index contributed by atoms with van der Waals surface area (Å²) in [5.74, 6) is -1.47. The minimum Gasteiger partial charge on any atom is -0.289 e. The Morgan fingerprint density at radius 1 is 0.286 bits per heavy atom. The molecule has 4 heteroatoms. The van der Waals surface area contributed by atoms with Crippen LogP contribution in [-0.2, 0) is 0 Å². The smallest absolute Gasteiger partial charge is 0.195 e. The second kappa shape index (κ2) is 11.0. The molecule has 0 saturated carbocycles. The molecule has 0 unspecified atom stereocenters. The van der Waals surface area contributed by atoms with Crippen LogP contribution in [0.3, 0.4) is 0 Å². The Morgan fingerprint density at radius 3 is 0.796 bits per heavy atom. The Kier molecular flexibility index (Phi) is 6.46. The molecule has 0 aromatic heterocycles. The average molecular weight is 631 g/mol. The third kappa shape index (κ3) is 4.24. The molecule has 4 nitrogen and oxygen atoms in total. The quantitative estimate of drug-likeness (QED) is 0.194. The Morgan fingerprint density at radius 2 is 0.531 bits per heavy atom.